The molecule has 1 aromatic heterocycles. The molecule has 5 nitrogen and oxygen atoms in total. The number of hydrogen-bond acceptors (Lipinski definition) is 4. The summed E-state index contributed by atoms with van der Waals surface area (Å²) in [7, 11) is 0. The first-order valence-electron chi connectivity index (χ1n) is 11.2. The highest BCUT2D eigenvalue weighted by molar-refractivity contribution is 7.14. The highest BCUT2D eigenvalue weighted by atomic mass is 32.1. The zero-order valence-corrected chi connectivity index (χ0v) is 19.3. The van der Waals surface area contributed by atoms with Gasteiger partial charge in [-0.25, -0.2) is 4.98 Å². The number of benzene rings is 3. The van der Waals surface area contributed by atoms with Crippen molar-refractivity contribution in [1.82, 2.24) is 9.88 Å². The Balaban J connectivity index is 1.33. The van der Waals surface area contributed by atoms with E-state index in [1.807, 2.05) is 90.0 Å². The molecule has 166 valence electrons. The third-order valence-electron chi connectivity index (χ3n) is 6.18. The van der Waals surface area contributed by atoms with Crippen LogP contribution in [0.1, 0.15) is 28.9 Å². The topological polar surface area (TPSA) is 53.5 Å². The van der Waals surface area contributed by atoms with Crippen LogP contribution in [0.5, 0.6) is 0 Å². The summed E-state index contributed by atoms with van der Waals surface area (Å²) in [5, 5.41) is 4.69. The number of para-hydroxylation sites is 1. The number of thiazole rings is 1. The molecule has 1 aliphatic heterocycles. The van der Waals surface area contributed by atoms with E-state index in [2.05, 4.69) is 4.98 Å². The molecule has 0 radical (unpaired) electrons. The summed E-state index contributed by atoms with van der Waals surface area (Å²) in [6, 6.07) is 23.5. The number of anilines is 2. The maximum Gasteiger partial charge on any atom is 0.254 e. The molecule has 0 bridgehead atoms. The first kappa shape index (κ1) is 21.3. The predicted octanol–water partition coefficient (Wildman–Crippen LogP) is 5.82. The minimum absolute atomic E-state index is 0.0353. The Labute approximate surface area is 197 Å². The smallest absolute Gasteiger partial charge is 0.254 e. The number of carbonyl (C=O) groups excluding carboxylic acids is 2. The van der Waals surface area contributed by atoms with Gasteiger partial charge in [0, 0.05) is 30.0 Å². The SMILES string of the molecule is Cc1csc(N(C(=O)C2CCN(C(=O)c3cccc4ccccc34)CC2)c2ccccc2)n1. The number of amides is 2. The molecule has 0 atom stereocenters. The van der Waals surface area contributed by atoms with E-state index in [1.165, 1.54) is 11.3 Å². The molecule has 0 aliphatic carbocycles. The number of nitrogens with zero attached hydrogens (tertiary/aromatic N) is 3. The molecule has 2 heterocycles. The fourth-order valence-electron chi connectivity index (χ4n) is 4.45. The van der Waals surface area contributed by atoms with E-state index in [4.69, 9.17) is 0 Å². The van der Waals surface area contributed by atoms with Gasteiger partial charge in [0.05, 0.1) is 11.4 Å². The molecular formula is C27H25N3O2S. The van der Waals surface area contributed by atoms with Crippen molar-refractivity contribution in [1.29, 1.82) is 0 Å². The van der Waals surface area contributed by atoms with Crippen molar-refractivity contribution in [3.8, 4) is 0 Å². The third kappa shape index (κ3) is 4.26. The van der Waals surface area contributed by atoms with Crippen LogP contribution >= 0.6 is 11.3 Å². The monoisotopic (exact) mass is 455 g/mol. The molecular weight excluding hydrogens is 430 g/mol. The number of rotatable bonds is 4. The number of fused-ring (bicyclic) bond motifs is 1. The Morgan fingerprint density at radius 3 is 2.36 bits per heavy atom. The summed E-state index contributed by atoms with van der Waals surface area (Å²) in [4.78, 5) is 35.1. The van der Waals surface area contributed by atoms with Gasteiger partial charge in [-0.2, -0.15) is 0 Å². The van der Waals surface area contributed by atoms with Gasteiger partial charge in [0.25, 0.3) is 5.91 Å². The van der Waals surface area contributed by atoms with E-state index in [1.54, 1.807) is 4.90 Å². The molecule has 0 N–H and O–H groups in total. The molecule has 5 rings (SSSR count). The van der Waals surface area contributed by atoms with Gasteiger partial charge < -0.3 is 4.90 Å². The van der Waals surface area contributed by atoms with Crippen LogP contribution in [0.4, 0.5) is 10.8 Å². The number of piperidine rings is 1. The average molecular weight is 456 g/mol. The van der Waals surface area contributed by atoms with E-state index in [-0.39, 0.29) is 17.7 Å². The van der Waals surface area contributed by atoms with Gasteiger partial charge in [0.1, 0.15) is 0 Å². The normalized spacial score (nSPS) is 14.4. The standard InChI is InChI=1S/C27H25N3O2S/c1-19-18-33-27(28-19)30(22-10-3-2-4-11-22)25(31)21-14-16-29(17-15-21)26(32)24-13-7-9-20-8-5-6-12-23(20)24/h2-13,18,21H,14-17H2,1H3. The number of likely N-dealkylation sites (tertiary alicyclic amines) is 1. The molecule has 0 unspecified atom stereocenters. The number of hydrogen-bond donors (Lipinski definition) is 0. The fraction of sp³-hybridized carbons (Fsp3) is 0.222. The van der Waals surface area contributed by atoms with Gasteiger partial charge in [-0.05, 0) is 48.7 Å². The predicted molar refractivity (Wildman–Crippen MR) is 133 cm³/mol. The van der Waals surface area contributed by atoms with Crippen LogP contribution in [-0.4, -0.2) is 34.8 Å². The number of aryl methyl sites for hydroxylation is 1. The Bertz CT molecular complexity index is 1290. The minimum Gasteiger partial charge on any atom is -0.339 e. The zero-order chi connectivity index (χ0) is 22.8. The summed E-state index contributed by atoms with van der Waals surface area (Å²) in [5.41, 5.74) is 2.45. The summed E-state index contributed by atoms with van der Waals surface area (Å²) < 4.78 is 0. The fourth-order valence-corrected chi connectivity index (χ4v) is 5.27. The van der Waals surface area contributed by atoms with E-state index in [9.17, 15) is 9.59 Å². The van der Waals surface area contributed by atoms with Gasteiger partial charge in [0.15, 0.2) is 5.13 Å². The number of aromatic nitrogens is 1. The van der Waals surface area contributed by atoms with Gasteiger partial charge >= 0.3 is 0 Å². The van der Waals surface area contributed by atoms with Gasteiger partial charge in [-0.1, -0.05) is 54.6 Å². The first-order chi connectivity index (χ1) is 16.1. The van der Waals surface area contributed by atoms with Crippen LogP contribution in [0.25, 0.3) is 10.8 Å². The van der Waals surface area contributed by atoms with Gasteiger partial charge in [0.2, 0.25) is 5.91 Å². The lowest BCUT2D eigenvalue weighted by Gasteiger charge is -2.34. The third-order valence-corrected chi connectivity index (χ3v) is 7.13. The van der Waals surface area contributed by atoms with Crippen LogP contribution in [0.3, 0.4) is 0 Å². The Hall–Kier alpha value is -3.51. The summed E-state index contributed by atoms with van der Waals surface area (Å²) in [6.45, 7) is 3.07. The lowest BCUT2D eigenvalue weighted by molar-refractivity contribution is -0.122. The minimum atomic E-state index is -0.147. The largest absolute Gasteiger partial charge is 0.339 e. The molecule has 1 aliphatic rings. The summed E-state index contributed by atoms with van der Waals surface area (Å²) in [5.74, 6) is -0.0630. The second kappa shape index (κ2) is 9.16. The lowest BCUT2D eigenvalue weighted by atomic mass is 9.94. The average Bonchev–Trinajstić information content (AvgIpc) is 3.29. The van der Waals surface area contributed by atoms with Crippen LogP contribution in [0.15, 0.2) is 78.2 Å². The molecule has 2 amide bonds. The Morgan fingerprint density at radius 1 is 0.939 bits per heavy atom. The van der Waals surface area contributed by atoms with Gasteiger partial charge in [-0.15, -0.1) is 11.3 Å². The molecule has 4 aromatic rings. The molecule has 0 spiro atoms. The number of carbonyl (C=O) groups is 2. The Morgan fingerprint density at radius 2 is 1.64 bits per heavy atom. The maximum atomic E-state index is 13.6. The highest BCUT2D eigenvalue weighted by Crippen LogP contribution is 2.33. The highest BCUT2D eigenvalue weighted by Gasteiger charge is 2.33. The van der Waals surface area contributed by atoms with E-state index in [0.717, 1.165) is 27.7 Å². The van der Waals surface area contributed by atoms with Crippen LogP contribution in [-0.2, 0) is 4.79 Å². The van der Waals surface area contributed by atoms with Crippen molar-refractivity contribution in [3.63, 3.8) is 0 Å². The van der Waals surface area contributed by atoms with Crippen LogP contribution in [0.2, 0.25) is 0 Å². The van der Waals surface area contributed by atoms with Crippen LogP contribution in [0, 0.1) is 12.8 Å². The lowest BCUT2D eigenvalue weighted by Crippen LogP contribution is -2.43. The molecule has 6 heteroatoms. The maximum absolute atomic E-state index is 13.6. The molecule has 3 aromatic carbocycles. The van der Waals surface area contributed by atoms with Crippen molar-refractivity contribution in [2.75, 3.05) is 18.0 Å². The molecule has 1 fully saturated rings. The first-order valence-corrected chi connectivity index (χ1v) is 12.1. The van der Waals surface area contributed by atoms with Crippen LogP contribution < -0.4 is 4.90 Å². The quantitative estimate of drug-likeness (QED) is 0.389. The second-order valence-corrected chi connectivity index (χ2v) is 9.21. The van der Waals surface area contributed by atoms with E-state index in [0.29, 0.717) is 31.1 Å². The van der Waals surface area contributed by atoms with E-state index < -0.39 is 0 Å². The molecule has 1 saturated heterocycles. The van der Waals surface area contributed by atoms with Crippen molar-refractivity contribution >= 4 is 44.7 Å². The van der Waals surface area contributed by atoms with Crippen molar-refractivity contribution in [2.45, 2.75) is 19.8 Å². The summed E-state index contributed by atoms with van der Waals surface area (Å²) in [6.07, 6.45) is 1.28. The van der Waals surface area contributed by atoms with E-state index >= 15 is 0 Å². The molecule has 33 heavy (non-hydrogen) atoms. The zero-order valence-electron chi connectivity index (χ0n) is 18.5. The molecule has 0 saturated carbocycles. The second-order valence-electron chi connectivity index (χ2n) is 8.37. The van der Waals surface area contributed by atoms with Crippen molar-refractivity contribution < 1.29 is 9.59 Å². The van der Waals surface area contributed by atoms with Gasteiger partial charge in [-0.3, -0.25) is 14.5 Å². The van der Waals surface area contributed by atoms with Crippen molar-refractivity contribution in [2.24, 2.45) is 5.92 Å². The summed E-state index contributed by atoms with van der Waals surface area (Å²) >= 11 is 1.48. The Kier molecular flexibility index (Phi) is 5.92. The van der Waals surface area contributed by atoms with Crippen molar-refractivity contribution in [3.05, 3.63) is 89.4 Å².